The van der Waals surface area contributed by atoms with Gasteiger partial charge >= 0.3 is 0 Å². The highest BCUT2D eigenvalue weighted by Gasteiger charge is 2.17. The summed E-state index contributed by atoms with van der Waals surface area (Å²) in [5.74, 6) is 0.167. The molecule has 152 valence electrons. The van der Waals surface area contributed by atoms with E-state index in [0.717, 1.165) is 23.0 Å². The van der Waals surface area contributed by atoms with E-state index in [0.29, 0.717) is 11.6 Å². The van der Waals surface area contributed by atoms with Crippen molar-refractivity contribution in [3.63, 3.8) is 0 Å². The van der Waals surface area contributed by atoms with E-state index in [9.17, 15) is 13.2 Å². The molecule has 0 saturated carbocycles. The zero-order valence-corrected chi connectivity index (χ0v) is 18.0. The number of carbonyl (C=O) groups is 1. The van der Waals surface area contributed by atoms with Crippen LogP contribution in [0.4, 0.5) is 5.69 Å². The van der Waals surface area contributed by atoms with Crippen molar-refractivity contribution in [1.29, 1.82) is 0 Å². The number of amides is 1. The molecular formula is C19H26N4O3S2. The highest BCUT2D eigenvalue weighted by molar-refractivity contribution is 7.99. The Balaban J connectivity index is 1.70. The van der Waals surface area contributed by atoms with Gasteiger partial charge in [0, 0.05) is 46.1 Å². The monoisotopic (exact) mass is 422 g/mol. The molecule has 0 aliphatic rings. The van der Waals surface area contributed by atoms with Crippen molar-refractivity contribution in [3.8, 4) is 0 Å². The van der Waals surface area contributed by atoms with Crippen LogP contribution in [0.5, 0.6) is 0 Å². The molecule has 1 aromatic carbocycles. The van der Waals surface area contributed by atoms with Gasteiger partial charge in [0.25, 0.3) is 0 Å². The molecule has 0 aliphatic heterocycles. The molecule has 0 radical (unpaired) electrons. The van der Waals surface area contributed by atoms with Crippen LogP contribution in [0.25, 0.3) is 0 Å². The number of pyridine rings is 1. The number of anilines is 1. The average molecular weight is 423 g/mol. The Kier molecular flexibility index (Phi) is 8.28. The smallest absolute Gasteiger partial charge is 0.244 e. The zero-order chi connectivity index (χ0) is 20.6. The van der Waals surface area contributed by atoms with Gasteiger partial charge in [-0.2, -0.15) is 0 Å². The summed E-state index contributed by atoms with van der Waals surface area (Å²) < 4.78 is 25.2. The first-order valence-corrected chi connectivity index (χ1v) is 11.3. The molecule has 0 unspecified atom stereocenters. The summed E-state index contributed by atoms with van der Waals surface area (Å²) in [6, 6.07) is 13.2. The summed E-state index contributed by atoms with van der Waals surface area (Å²) in [7, 11) is 1.48. The van der Waals surface area contributed by atoms with Crippen molar-refractivity contribution < 1.29 is 13.2 Å². The molecule has 0 spiro atoms. The lowest BCUT2D eigenvalue weighted by Crippen LogP contribution is -2.29. The Morgan fingerprint density at radius 2 is 1.82 bits per heavy atom. The highest BCUT2D eigenvalue weighted by atomic mass is 32.2. The number of para-hydroxylation sites is 1. The van der Waals surface area contributed by atoms with Crippen LogP contribution in [0.2, 0.25) is 0 Å². The van der Waals surface area contributed by atoms with Crippen LogP contribution >= 0.6 is 11.8 Å². The minimum atomic E-state index is -3.49. The molecule has 2 rings (SSSR count). The quantitative estimate of drug-likeness (QED) is 0.466. The minimum absolute atomic E-state index is 0.0702. The van der Waals surface area contributed by atoms with E-state index in [2.05, 4.69) is 27.3 Å². The van der Waals surface area contributed by atoms with Crippen LogP contribution < -0.4 is 10.2 Å². The molecule has 0 atom stereocenters. The number of hydrogen-bond acceptors (Lipinski definition) is 6. The van der Waals surface area contributed by atoms with Gasteiger partial charge in [-0.25, -0.2) is 17.7 Å². The van der Waals surface area contributed by atoms with Crippen molar-refractivity contribution in [2.24, 2.45) is 0 Å². The highest BCUT2D eigenvalue weighted by Crippen LogP contribution is 2.18. The van der Waals surface area contributed by atoms with E-state index < -0.39 is 10.0 Å². The molecule has 1 amide bonds. The Hall–Kier alpha value is -2.10. The predicted molar refractivity (Wildman–Crippen MR) is 113 cm³/mol. The fraction of sp³-hybridized carbons (Fsp3) is 0.368. The number of sulfonamides is 1. The van der Waals surface area contributed by atoms with E-state index >= 15 is 0 Å². The normalized spacial score (nSPS) is 11.4. The van der Waals surface area contributed by atoms with Crippen LogP contribution in [0.3, 0.4) is 0 Å². The first kappa shape index (κ1) is 22.2. The Morgan fingerprint density at radius 1 is 1.11 bits per heavy atom. The molecule has 9 heteroatoms. The van der Waals surface area contributed by atoms with Crippen LogP contribution in [-0.2, 0) is 14.8 Å². The maximum atomic E-state index is 12.0. The third-order valence-corrected chi connectivity index (χ3v) is 6.77. The molecule has 1 heterocycles. The molecule has 0 bridgehead atoms. The number of aromatic nitrogens is 1. The third-order valence-electron chi connectivity index (χ3n) is 4.03. The third kappa shape index (κ3) is 6.50. The number of benzene rings is 1. The first-order valence-electron chi connectivity index (χ1n) is 8.85. The second kappa shape index (κ2) is 10.4. The molecule has 7 nitrogen and oxygen atoms in total. The van der Waals surface area contributed by atoms with Gasteiger partial charge in [-0.05, 0) is 30.7 Å². The summed E-state index contributed by atoms with van der Waals surface area (Å²) >= 11 is 1.28. The SMILES string of the molecule is CN(CCCNC(=O)CSc1ccc(S(=O)(=O)N(C)C)cn1)c1ccccc1. The lowest BCUT2D eigenvalue weighted by Gasteiger charge is -2.19. The Morgan fingerprint density at radius 3 is 2.43 bits per heavy atom. The van der Waals surface area contributed by atoms with Gasteiger partial charge < -0.3 is 10.2 Å². The largest absolute Gasteiger partial charge is 0.375 e. The van der Waals surface area contributed by atoms with Gasteiger partial charge in [0.05, 0.1) is 10.8 Å². The molecule has 0 aliphatic carbocycles. The van der Waals surface area contributed by atoms with Crippen molar-refractivity contribution in [1.82, 2.24) is 14.6 Å². The maximum Gasteiger partial charge on any atom is 0.244 e. The molecule has 0 fully saturated rings. The number of carbonyl (C=O) groups excluding carboxylic acids is 1. The summed E-state index contributed by atoms with van der Waals surface area (Å²) in [5, 5.41) is 3.50. The lowest BCUT2D eigenvalue weighted by molar-refractivity contribution is -0.118. The van der Waals surface area contributed by atoms with Gasteiger partial charge in [-0.15, -0.1) is 0 Å². The van der Waals surface area contributed by atoms with Gasteiger partial charge in [-0.1, -0.05) is 30.0 Å². The summed E-state index contributed by atoms with van der Waals surface area (Å²) in [6.45, 7) is 1.45. The van der Waals surface area contributed by atoms with Gasteiger partial charge in [0.1, 0.15) is 4.90 Å². The summed E-state index contributed by atoms with van der Waals surface area (Å²) in [6.07, 6.45) is 2.16. The molecule has 28 heavy (non-hydrogen) atoms. The Labute approximate surface area is 171 Å². The first-order chi connectivity index (χ1) is 13.3. The number of nitrogens with zero attached hydrogens (tertiary/aromatic N) is 3. The van der Waals surface area contributed by atoms with Crippen molar-refractivity contribution in [2.75, 3.05) is 44.9 Å². The van der Waals surface area contributed by atoms with E-state index in [4.69, 9.17) is 0 Å². The fourth-order valence-electron chi connectivity index (χ4n) is 2.36. The topological polar surface area (TPSA) is 82.6 Å². The molecule has 1 aromatic heterocycles. The van der Waals surface area contributed by atoms with E-state index in [1.807, 2.05) is 25.2 Å². The second-order valence-electron chi connectivity index (χ2n) is 6.37. The molecule has 0 saturated heterocycles. The number of thioether (sulfide) groups is 1. The van der Waals surface area contributed by atoms with Crippen LogP contribution in [0.1, 0.15) is 6.42 Å². The van der Waals surface area contributed by atoms with Crippen LogP contribution in [0, 0.1) is 0 Å². The lowest BCUT2D eigenvalue weighted by atomic mass is 10.3. The molecular weight excluding hydrogens is 396 g/mol. The molecule has 1 N–H and O–H groups in total. The van der Waals surface area contributed by atoms with Crippen molar-refractivity contribution in [2.45, 2.75) is 16.3 Å². The van der Waals surface area contributed by atoms with Crippen LogP contribution in [0.15, 0.2) is 58.6 Å². The zero-order valence-electron chi connectivity index (χ0n) is 16.3. The van der Waals surface area contributed by atoms with Crippen molar-refractivity contribution >= 4 is 33.4 Å². The van der Waals surface area contributed by atoms with E-state index in [-0.39, 0.29) is 16.6 Å². The minimum Gasteiger partial charge on any atom is -0.375 e. The number of nitrogens with one attached hydrogen (secondary N) is 1. The van der Waals surface area contributed by atoms with E-state index in [1.54, 1.807) is 6.07 Å². The van der Waals surface area contributed by atoms with Gasteiger partial charge in [-0.3, -0.25) is 4.79 Å². The van der Waals surface area contributed by atoms with Gasteiger partial charge in [0.15, 0.2) is 0 Å². The standard InChI is InChI=1S/C19H26N4O3S2/c1-22(2)28(25,26)17-10-11-19(21-14-17)27-15-18(24)20-12-7-13-23(3)16-8-5-4-6-9-16/h4-6,8-11,14H,7,12-13,15H2,1-3H3,(H,20,24). The molecule has 2 aromatic rings. The van der Waals surface area contributed by atoms with Crippen LogP contribution in [-0.4, -0.2) is 63.6 Å². The summed E-state index contributed by atoms with van der Waals surface area (Å²) in [5.41, 5.74) is 1.15. The summed E-state index contributed by atoms with van der Waals surface area (Å²) in [4.78, 5) is 18.4. The van der Waals surface area contributed by atoms with Gasteiger partial charge in [0.2, 0.25) is 15.9 Å². The number of rotatable bonds is 10. The number of hydrogen-bond donors (Lipinski definition) is 1. The van der Waals surface area contributed by atoms with E-state index in [1.165, 1.54) is 38.1 Å². The van der Waals surface area contributed by atoms with Crippen molar-refractivity contribution in [3.05, 3.63) is 48.7 Å². The fourth-order valence-corrected chi connectivity index (χ4v) is 3.88. The second-order valence-corrected chi connectivity index (χ2v) is 9.52. The predicted octanol–water partition coefficient (Wildman–Crippen LogP) is 2.07. The average Bonchev–Trinajstić information content (AvgIpc) is 2.70. The maximum absolute atomic E-state index is 12.0. The Bertz CT molecular complexity index is 857.